The largest absolute Gasteiger partial charge is 0.346 e. The number of carbonyl (C=O) groups is 5. The van der Waals surface area contributed by atoms with E-state index in [1.54, 1.807) is 16.3 Å². The lowest BCUT2D eigenvalue weighted by Gasteiger charge is -2.42. The van der Waals surface area contributed by atoms with Gasteiger partial charge in [0.2, 0.25) is 27.6 Å². The molecule has 2 aliphatic heterocycles. The van der Waals surface area contributed by atoms with Gasteiger partial charge in [-0.1, -0.05) is 72.8 Å². The molecule has 1 saturated heterocycles. The topological polar surface area (TPSA) is 174 Å². The average Bonchev–Trinajstić information content (AvgIpc) is 3.75. The normalized spacial score (nSPS) is 26.6. The van der Waals surface area contributed by atoms with E-state index in [0.717, 1.165) is 37.0 Å². The van der Waals surface area contributed by atoms with Crippen molar-refractivity contribution in [3.63, 3.8) is 0 Å². The van der Waals surface area contributed by atoms with Gasteiger partial charge in [-0.3, -0.25) is 19.2 Å². The Bertz CT molecular complexity index is 1720. The molecule has 286 valence electrons. The van der Waals surface area contributed by atoms with Crippen LogP contribution < -0.4 is 21.3 Å². The molecule has 0 aromatic carbocycles. The van der Waals surface area contributed by atoms with E-state index in [0.29, 0.717) is 30.7 Å². The molecule has 4 N–H and O–H groups in total. The molecular formula is C37H54N6O7S2. The van der Waals surface area contributed by atoms with Crippen LogP contribution in [0.3, 0.4) is 0 Å². The third-order valence-corrected chi connectivity index (χ3v) is 14.9. The Morgan fingerprint density at radius 3 is 2.38 bits per heavy atom. The fourth-order valence-electron chi connectivity index (χ4n) is 8.71. The summed E-state index contributed by atoms with van der Waals surface area (Å²) >= 11 is 1.41. The van der Waals surface area contributed by atoms with E-state index in [-0.39, 0.29) is 42.8 Å². The van der Waals surface area contributed by atoms with E-state index >= 15 is 0 Å². The minimum absolute atomic E-state index is 0.0614. The molecule has 3 heterocycles. The molecule has 1 aromatic rings. The van der Waals surface area contributed by atoms with Gasteiger partial charge in [0.25, 0.3) is 5.91 Å². The number of fused-ring (bicyclic) bond motifs is 2. The van der Waals surface area contributed by atoms with Crippen molar-refractivity contribution in [3.8, 4) is 0 Å². The van der Waals surface area contributed by atoms with Gasteiger partial charge in [0.05, 0.1) is 16.5 Å². The van der Waals surface area contributed by atoms with Crippen LogP contribution in [0.1, 0.15) is 90.9 Å². The molecule has 2 unspecified atom stereocenters. The average molecular weight is 759 g/mol. The lowest BCUT2D eigenvalue weighted by molar-refractivity contribution is -0.145. The van der Waals surface area contributed by atoms with Gasteiger partial charge in [-0.15, -0.1) is 17.9 Å². The summed E-state index contributed by atoms with van der Waals surface area (Å²) in [6.07, 6.45) is 7.53. The maximum absolute atomic E-state index is 14.6. The van der Waals surface area contributed by atoms with Crippen molar-refractivity contribution >= 4 is 50.9 Å². The number of carbonyl (C=O) groups excluding carboxylic acids is 5. The van der Waals surface area contributed by atoms with Crippen LogP contribution in [0, 0.1) is 28.6 Å². The van der Waals surface area contributed by atoms with E-state index < -0.39 is 68.6 Å². The molecule has 1 aromatic heterocycles. The van der Waals surface area contributed by atoms with E-state index in [9.17, 15) is 32.4 Å². The monoisotopic (exact) mass is 758 g/mol. The van der Waals surface area contributed by atoms with Crippen molar-refractivity contribution in [1.29, 1.82) is 0 Å². The summed E-state index contributed by atoms with van der Waals surface area (Å²) in [4.78, 5) is 71.2. The first-order valence-electron chi connectivity index (χ1n) is 18.6. The maximum atomic E-state index is 14.6. The zero-order chi connectivity index (χ0) is 37.8. The highest BCUT2D eigenvalue weighted by atomic mass is 32.2. The van der Waals surface area contributed by atoms with Gasteiger partial charge in [0, 0.05) is 31.1 Å². The number of nitrogens with one attached hydrogen (secondary N) is 4. The third-order valence-electron chi connectivity index (χ3n) is 12.0. The Morgan fingerprint density at radius 2 is 1.77 bits per heavy atom. The van der Waals surface area contributed by atoms with Crippen LogP contribution >= 0.6 is 11.3 Å². The van der Waals surface area contributed by atoms with Gasteiger partial charge >= 0.3 is 6.03 Å². The molecule has 5 aliphatic rings. The summed E-state index contributed by atoms with van der Waals surface area (Å²) in [6, 6.07) is -1.83. The lowest BCUT2D eigenvalue weighted by atomic mass is 9.81. The second kappa shape index (κ2) is 14.2. The molecule has 13 nitrogen and oxygen atoms in total. The van der Waals surface area contributed by atoms with Crippen molar-refractivity contribution in [3.05, 3.63) is 29.0 Å². The van der Waals surface area contributed by atoms with Crippen molar-refractivity contribution in [1.82, 2.24) is 30.5 Å². The number of nitrogens with zero attached hydrogens (tertiary/aromatic N) is 2. The molecule has 3 saturated carbocycles. The Balaban J connectivity index is 1.18. The van der Waals surface area contributed by atoms with Crippen LogP contribution in [-0.2, 0) is 35.7 Å². The van der Waals surface area contributed by atoms with Crippen molar-refractivity contribution in [2.24, 2.45) is 28.6 Å². The second-order valence-electron chi connectivity index (χ2n) is 17.2. The summed E-state index contributed by atoms with van der Waals surface area (Å²) < 4.78 is 28.2. The summed E-state index contributed by atoms with van der Waals surface area (Å²) in [5.41, 5.74) is -1.76. The van der Waals surface area contributed by atoms with Crippen LogP contribution in [0.15, 0.2) is 29.0 Å². The lowest BCUT2D eigenvalue weighted by Crippen LogP contribution is -2.64. The Labute approximate surface area is 311 Å². The molecule has 3 aliphatic carbocycles. The van der Waals surface area contributed by atoms with E-state index in [1.165, 1.54) is 21.7 Å². The fraction of sp³-hybridized carbons (Fsp3) is 0.703. The molecule has 0 spiro atoms. The van der Waals surface area contributed by atoms with Gasteiger partial charge in [-0.2, -0.15) is 4.31 Å². The van der Waals surface area contributed by atoms with E-state index in [1.807, 2.05) is 20.8 Å². The van der Waals surface area contributed by atoms with Crippen molar-refractivity contribution in [2.45, 2.75) is 121 Å². The highest BCUT2D eigenvalue weighted by molar-refractivity contribution is 7.89. The maximum Gasteiger partial charge on any atom is 0.315 e. The number of hydrogen-bond donors (Lipinski definition) is 4. The number of hydrogen-bond acceptors (Lipinski definition) is 8. The molecule has 6 rings (SSSR count). The third kappa shape index (κ3) is 7.54. The predicted octanol–water partition coefficient (Wildman–Crippen LogP) is 3.31. The number of urea groups is 1. The molecule has 5 atom stereocenters. The van der Waals surface area contributed by atoms with Crippen LogP contribution in [0.2, 0.25) is 0 Å². The van der Waals surface area contributed by atoms with Crippen molar-refractivity contribution in [2.75, 3.05) is 19.6 Å². The van der Waals surface area contributed by atoms with Gasteiger partial charge < -0.3 is 26.2 Å². The predicted molar refractivity (Wildman–Crippen MR) is 196 cm³/mol. The number of Topliss-reactive ketones (excluding diaryl/α,β-unsaturated/α-hetero) is 1. The summed E-state index contributed by atoms with van der Waals surface area (Å²) in [5.74, 6) is -2.22. The van der Waals surface area contributed by atoms with Crippen LogP contribution in [0.5, 0.6) is 0 Å². The standard InChI is InChI=1S/C37H54N6O7S2/c1-7-16-38-32(46)29(44)24(18-22-11-12-22)39-31(45)28-27-23(36(27,5)6)19-43(28)33(47)30(35(2,3)4)40-34(48)41-37(14-9-8-10-15-37)21-42-20-25-26(13-17-51-25)52(42,49)50/h7,13,17,22-24,27-28,30H,1,8-12,14-16,18-21H2,2-6H3,(H,38,46)(H,39,45)(H2,40,41,48)/t23-,24?,27-,28?,30+/m0/s1. The first-order valence-corrected chi connectivity index (χ1v) is 20.9. The van der Waals surface area contributed by atoms with Crippen LogP contribution in [0.25, 0.3) is 0 Å². The Morgan fingerprint density at radius 1 is 1.08 bits per heavy atom. The number of sulfonamides is 1. The number of likely N-dealkylation sites (tertiary alicyclic amines) is 1. The number of amides is 5. The number of thiophene rings is 1. The molecule has 0 radical (unpaired) electrons. The molecule has 52 heavy (non-hydrogen) atoms. The Hall–Kier alpha value is -3.30. The second-order valence-corrected chi connectivity index (χ2v) is 20.1. The summed E-state index contributed by atoms with van der Waals surface area (Å²) in [5, 5.41) is 13.2. The zero-order valence-corrected chi connectivity index (χ0v) is 32.6. The summed E-state index contributed by atoms with van der Waals surface area (Å²) in [7, 11) is -3.67. The van der Waals surface area contributed by atoms with Crippen molar-refractivity contribution < 1.29 is 32.4 Å². The highest BCUT2D eigenvalue weighted by Gasteiger charge is 2.70. The first-order chi connectivity index (χ1) is 24.4. The van der Waals surface area contributed by atoms with Gasteiger partial charge in [-0.25, -0.2) is 13.2 Å². The highest BCUT2D eigenvalue weighted by Crippen LogP contribution is 2.65. The number of ketones is 1. The SMILES string of the molecule is C=CCNC(=O)C(=O)C(CC1CC1)NC(=O)C1[C@@H]2[C@H](CN1C(=O)[C@@H](NC(=O)NC1(CN3Cc4sccc4S3(=O)=O)CCCCC1)C(C)(C)C)C2(C)C. The Kier molecular flexibility index (Phi) is 10.5. The molecular weight excluding hydrogens is 705 g/mol. The minimum atomic E-state index is -3.67. The van der Waals surface area contributed by atoms with Gasteiger partial charge in [0.15, 0.2) is 0 Å². The molecule has 0 bridgehead atoms. The molecule has 15 heteroatoms. The zero-order valence-electron chi connectivity index (χ0n) is 31.0. The van der Waals surface area contributed by atoms with Gasteiger partial charge in [-0.05, 0) is 59.3 Å². The van der Waals surface area contributed by atoms with Gasteiger partial charge in [0.1, 0.15) is 12.1 Å². The number of piperidine rings is 1. The van der Waals surface area contributed by atoms with E-state index in [4.69, 9.17) is 0 Å². The smallest absolute Gasteiger partial charge is 0.315 e. The fourth-order valence-corrected chi connectivity index (χ4v) is 11.7. The number of rotatable bonds is 13. The summed E-state index contributed by atoms with van der Waals surface area (Å²) in [6.45, 7) is 14.1. The molecule has 5 amide bonds. The van der Waals surface area contributed by atoms with Crippen LogP contribution in [-0.4, -0.2) is 90.5 Å². The molecule has 4 fully saturated rings. The van der Waals surface area contributed by atoms with E-state index in [2.05, 4.69) is 41.7 Å². The quantitative estimate of drug-likeness (QED) is 0.177. The minimum Gasteiger partial charge on any atom is -0.346 e. The first kappa shape index (κ1) is 38.4. The van der Waals surface area contributed by atoms with Crippen LogP contribution in [0.4, 0.5) is 4.79 Å².